The molecular weight excluding hydrogens is 246 g/mol. The highest BCUT2D eigenvalue weighted by atomic mass is 35.5. The van der Waals surface area contributed by atoms with Gasteiger partial charge in [-0.25, -0.2) is 0 Å². The lowest BCUT2D eigenvalue weighted by molar-refractivity contribution is 0.631. The molecule has 0 radical (unpaired) electrons. The molecule has 1 aromatic heterocycles. The van der Waals surface area contributed by atoms with Crippen molar-refractivity contribution in [1.29, 1.82) is 0 Å². The third-order valence-electron chi connectivity index (χ3n) is 2.93. The van der Waals surface area contributed by atoms with E-state index in [1.54, 1.807) is 0 Å². The van der Waals surface area contributed by atoms with Gasteiger partial charge in [0.25, 0.3) is 0 Å². The van der Waals surface area contributed by atoms with Crippen LogP contribution in [0.4, 0.5) is 0 Å². The van der Waals surface area contributed by atoms with Crippen LogP contribution in [0.1, 0.15) is 5.56 Å². The average molecular weight is 258 g/mol. The number of furan rings is 1. The molecule has 0 amide bonds. The van der Waals surface area contributed by atoms with Crippen LogP contribution < -0.4 is 5.73 Å². The molecule has 0 aliphatic heterocycles. The van der Waals surface area contributed by atoms with Crippen LogP contribution >= 0.6 is 11.6 Å². The van der Waals surface area contributed by atoms with Crippen molar-refractivity contribution in [2.45, 2.75) is 6.54 Å². The monoisotopic (exact) mass is 257 g/mol. The van der Waals surface area contributed by atoms with Gasteiger partial charge in [0.2, 0.25) is 0 Å². The van der Waals surface area contributed by atoms with Crippen molar-refractivity contribution >= 4 is 22.6 Å². The summed E-state index contributed by atoms with van der Waals surface area (Å²) in [5.41, 5.74) is 8.61. The van der Waals surface area contributed by atoms with E-state index in [1.807, 2.05) is 48.5 Å². The lowest BCUT2D eigenvalue weighted by Crippen LogP contribution is -1.95. The van der Waals surface area contributed by atoms with E-state index < -0.39 is 0 Å². The van der Waals surface area contributed by atoms with Crippen LogP contribution in [0.25, 0.3) is 22.3 Å². The molecule has 2 N–H and O–H groups in total. The minimum atomic E-state index is 0.528. The van der Waals surface area contributed by atoms with Gasteiger partial charge in [-0.3, -0.25) is 0 Å². The van der Waals surface area contributed by atoms with Gasteiger partial charge in [-0.15, -0.1) is 0 Å². The van der Waals surface area contributed by atoms with E-state index in [1.165, 1.54) is 0 Å². The van der Waals surface area contributed by atoms with Crippen molar-refractivity contribution in [3.8, 4) is 11.3 Å². The summed E-state index contributed by atoms with van der Waals surface area (Å²) in [6.45, 7) is 0.528. The maximum absolute atomic E-state index is 5.96. The third kappa shape index (κ3) is 2.01. The number of benzene rings is 2. The topological polar surface area (TPSA) is 39.2 Å². The second-order valence-corrected chi connectivity index (χ2v) is 4.63. The van der Waals surface area contributed by atoms with E-state index in [0.717, 1.165) is 27.9 Å². The maximum Gasteiger partial charge on any atom is 0.135 e. The molecule has 18 heavy (non-hydrogen) atoms. The van der Waals surface area contributed by atoms with Crippen molar-refractivity contribution < 1.29 is 4.42 Å². The molecule has 0 saturated heterocycles. The van der Waals surface area contributed by atoms with Gasteiger partial charge in [-0.1, -0.05) is 29.8 Å². The number of hydrogen-bond acceptors (Lipinski definition) is 2. The molecule has 0 bridgehead atoms. The minimum absolute atomic E-state index is 0.528. The Bertz CT molecular complexity index is 703. The van der Waals surface area contributed by atoms with Gasteiger partial charge in [0.1, 0.15) is 11.3 Å². The zero-order valence-corrected chi connectivity index (χ0v) is 10.4. The van der Waals surface area contributed by atoms with Crippen molar-refractivity contribution in [1.82, 2.24) is 0 Å². The summed E-state index contributed by atoms with van der Waals surface area (Å²) >= 11 is 5.96. The predicted octanol–water partition coefficient (Wildman–Crippen LogP) is 4.21. The Morgan fingerprint density at radius 2 is 1.94 bits per heavy atom. The molecule has 0 spiro atoms. The van der Waals surface area contributed by atoms with Crippen LogP contribution in [-0.2, 0) is 6.54 Å². The second-order valence-electron chi connectivity index (χ2n) is 4.20. The van der Waals surface area contributed by atoms with Gasteiger partial charge in [-0.2, -0.15) is 0 Å². The first kappa shape index (κ1) is 11.3. The smallest absolute Gasteiger partial charge is 0.135 e. The van der Waals surface area contributed by atoms with Crippen LogP contribution in [0.15, 0.2) is 52.9 Å². The standard InChI is InChI=1S/C15H12ClNO/c16-13-4-5-14-12(7-13)8-15(18-14)11-3-1-2-10(6-11)9-17/h1-8H,9,17H2. The Morgan fingerprint density at radius 3 is 2.78 bits per heavy atom. The van der Waals surface area contributed by atoms with Crippen molar-refractivity contribution in [3.05, 3.63) is 59.1 Å². The first-order valence-electron chi connectivity index (χ1n) is 5.75. The first-order chi connectivity index (χ1) is 8.76. The molecule has 0 unspecified atom stereocenters. The van der Waals surface area contributed by atoms with Gasteiger partial charge < -0.3 is 10.2 Å². The molecule has 0 saturated carbocycles. The van der Waals surface area contributed by atoms with Crippen molar-refractivity contribution in [2.75, 3.05) is 0 Å². The summed E-state index contributed by atoms with van der Waals surface area (Å²) in [5.74, 6) is 0.836. The fourth-order valence-electron chi connectivity index (χ4n) is 2.01. The first-order valence-corrected chi connectivity index (χ1v) is 6.12. The van der Waals surface area contributed by atoms with Gasteiger partial charge in [-0.05, 0) is 35.9 Å². The average Bonchev–Trinajstić information content (AvgIpc) is 2.81. The van der Waals surface area contributed by atoms with E-state index in [9.17, 15) is 0 Å². The molecule has 0 atom stereocenters. The van der Waals surface area contributed by atoms with Crippen LogP contribution in [0, 0.1) is 0 Å². The lowest BCUT2D eigenvalue weighted by atomic mass is 10.1. The molecule has 1 heterocycles. The fourth-order valence-corrected chi connectivity index (χ4v) is 2.19. The number of hydrogen-bond donors (Lipinski definition) is 1. The van der Waals surface area contributed by atoms with E-state index in [0.29, 0.717) is 11.6 Å². The predicted molar refractivity (Wildman–Crippen MR) is 74.6 cm³/mol. The molecule has 0 aliphatic rings. The van der Waals surface area contributed by atoms with E-state index in [4.69, 9.17) is 21.8 Å². The van der Waals surface area contributed by atoms with E-state index in [-0.39, 0.29) is 0 Å². The summed E-state index contributed by atoms with van der Waals surface area (Å²) in [6.07, 6.45) is 0. The normalized spacial score (nSPS) is 11.0. The van der Waals surface area contributed by atoms with Gasteiger partial charge in [0.05, 0.1) is 0 Å². The van der Waals surface area contributed by atoms with Crippen molar-refractivity contribution in [2.24, 2.45) is 5.73 Å². The quantitative estimate of drug-likeness (QED) is 0.747. The third-order valence-corrected chi connectivity index (χ3v) is 3.16. The summed E-state index contributed by atoms with van der Waals surface area (Å²) < 4.78 is 5.81. The summed E-state index contributed by atoms with van der Waals surface area (Å²) in [7, 11) is 0. The van der Waals surface area contributed by atoms with Crippen LogP contribution in [0.3, 0.4) is 0 Å². The Hall–Kier alpha value is -1.77. The summed E-state index contributed by atoms with van der Waals surface area (Å²) in [4.78, 5) is 0. The molecule has 3 rings (SSSR count). The van der Waals surface area contributed by atoms with Gasteiger partial charge in [0.15, 0.2) is 0 Å². The SMILES string of the molecule is NCc1cccc(-c2cc3cc(Cl)ccc3o2)c1. The number of halogens is 1. The Balaban J connectivity index is 2.13. The van der Waals surface area contributed by atoms with Crippen LogP contribution in [-0.4, -0.2) is 0 Å². The van der Waals surface area contributed by atoms with E-state index >= 15 is 0 Å². The fraction of sp³-hybridized carbons (Fsp3) is 0.0667. The highest BCUT2D eigenvalue weighted by Gasteiger charge is 2.06. The van der Waals surface area contributed by atoms with Crippen LogP contribution in [0.5, 0.6) is 0 Å². The minimum Gasteiger partial charge on any atom is -0.456 e. The number of nitrogens with two attached hydrogens (primary N) is 1. The maximum atomic E-state index is 5.96. The molecule has 2 nitrogen and oxygen atoms in total. The zero-order chi connectivity index (χ0) is 12.5. The number of rotatable bonds is 2. The summed E-state index contributed by atoms with van der Waals surface area (Å²) in [5, 5.41) is 1.72. The zero-order valence-electron chi connectivity index (χ0n) is 9.69. The Labute approximate surface area is 110 Å². The molecule has 3 heteroatoms. The lowest BCUT2D eigenvalue weighted by Gasteiger charge is -1.99. The molecule has 0 fully saturated rings. The largest absolute Gasteiger partial charge is 0.456 e. The van der Waals surface area contributed by atoms with Crippen LogP contribution in [0.2, 0.25) is 5.02 Å². The van der Waals surface area contributed by atoms with Gasteiger partial charge >= 0.3 is 0 Å². The summed E-state index contributed by atoms with van der Waals surface area (Å²) in [6, 6.07) is 15.6. The number of fused-ring (bicyclic) bond motifs is 1. The van der Waals surface area contributed by atoms with Crippen molar-refractivity contribution in [3.63, 3.8) is 0 Å². The molecule has 0 aliphatic carbocycles. The Morgan fingerprint density at radius 1 is 1.06 bits per heavy atom. The van der Waals surface area contributed by atoms with Gasteiger partial charge in [0, 0.05) is 22.5 Å². The molecule has 2 aromatic carbocycles. The molecular formula is C15H12ClNO. The highest BCUT2D eigenvalue weighted by molar-refractivity contribution is 6.31. The Kier molecular flexibility index (Phi) is 2.82. The molecule has 90 valence electrons. The highest BCUT2D eigenvalue weighted by Crippen LogP contribution is 2.29. The van der Waals surface area contributed by atoms with E-state index in [2.05, 4.69) is 0 Å². The molecule has 3 aromatic rings. The second kappa shape index (κ2) is 4.48.